The molecule has 16 heavy (non-hydrogen) atoms. The number of nitrogens with one attached hydrogen (secondary N) is 1. The topological polar surface area (TPSA) is 64.3 Å². The van der Waals surface area contributed by atoms with Crippen molar-refractivity contribution in [1.82, 2.24) is 5.32 Å². The van der Waals surface area contributed by atoms with Crippen molar-refractivity contribution in [2.75, 3.05) is 19.8 Å². The van der Waals surface area contributed by atoms with Crippen LogP contribution in [0.25, 0.3) is 0 Å². The maximum absolute atomic E-state index is 11.4. The predicted molar refractivity (Wildman–Crippen MR) is 66.1 cm³/mol. The first-order valence-corrected chi connectivity index (χ1v) is 5.83. The Balaban J connectivity index is 3.45. The van der Waals surface area contributed by atoms with Gasteiger partial charge in [0.1, 0.15) is 0 Å². The molecule has 0 fully saturated rings. The van der Waals surface area contributed by atoms with Crippen molar-refractivity contribution >= 4 is 5.91 Å². The molecule has 0 aliphatic heterocycles. The molecule has 0 saturated heterocycles. The average Bonchev–Trinajstić information content (AvgIpc) is 2.24. The summed E-state index contributed by atoms with van der Waals surface area (Å²) >= 11 is 0. The first-order chi connectivity index (χ1) is 7.57. The van der Waals surface area contributed by atoms with Gasteiger partial charge >= 0.3 is 0 Å². The van der Waals surface area contributed by atoms with E-state index in [2.05, 4.69) is 18.8 Å². The van der Waals surface area contributed by atoms with Gasteiger partial charge in [0, 0.05) is 6.54 Å². The third-order valence-electron chi connectivity index (χ3n) is 2.10. The van der Waals surface area contributed by atoms with E-state index in [-0.39, 0.29) is 11.9 Å². The van der Waals surface area contributed by atoms with E-state index in [0.717, 1.165) is 24.8 Å². The summed E-state index contributed by atoms with van der Waals surface area (Å²) < 4.78 is 5.25. The molecular weight excluding hydrogens is 204 g/mol. The molecule has 4 nitrogen and oxygen atoms in total. The highest BCUT2D eigenvalue weighted by molar-refractivity contribution is 5.81. The van der Waals surface area contributed by atoms with Crippen molar-refractivity contribution in [3.63, 3.8) is 0 Å². The van der Waals surface area contributed by atoms with Crippen LogP contribution < -0.4 is 11.1 Å². The van der Waals surface area contributed by atoms with Crippen LogP contribution >= 0.6 is 0 Å². The average molecular weight is 228 g/mol. The molecule has 0 unspecified atom stereocenters. The zero-order chi connectivity index (χ0) is 12.4. The second kappa shape index (κ2) is 9.36. The summed E-state index contributed by atoms with van der Waals surface area (Å²) in [6.45, 7) is 9.24. The zero-order valence-corrected chi connectivity index (χ0v) is 10.4. The Bertz CT molecular complexity index is 217. The second-order valence-corrected chi connectivity index (χ2v) is 4.05. The Kier molecular flexibility index (Phi) is 8.85. The highest BCUT2D eigenvalue weighted by Crippen LogP contribution is 1.97. The van der Waals surface area contributed by atoms with E-state index in [0.29, 0.717) is 19.8 Å². The Labute approximate surface area is 98.2 Å². The molecule has 0 aliphatic carbocycles. The number of amides is 1. The zero-order valence-electron chi connectivity index (χ0n) is 10.4. The van der Waals surface area contributed by atoms with Gasteiger partial charge in [-0.1, -0.05) is 31.9 Å². The predicted octanol–water partition coefficient (Wildman–Crippen LogP) is 1.21. The van der Waals surface area contributed by atoms with Crippen LogP contribution in [-0.4, -0.2) is 31.7 Å². The largest absolute Gasteiger partial charge is 0.375 e. The minimum atomic E-state index is -0.388. The Morgan fingerprint density at radius 3 is 2.81 bits per heavy atom. The maximum atomic E-state index is 11.4. The van der Waals surface area contributed by atoms with Crippen molar-refractivity contribution in [1.29, 1.82) is 0 Å². The molecule has 0 bridgehead atoms. The maximum Gasteiger partial charge on any atom is 0.236 e. The minimum Gasteiger partial charge on any atom is -0.375 e. The summed E-state index contributed by atoms with van der Waals surface area (Å²) in [6.07, 6.45) is 2.79. The summed E-state index contributed by atoms with van der Waals surface area (Å²) in [5, 5.41) is 2.75. The van der Waals surface area contributed by atoms with Crippen molar-refractivity contribution < 1.29 is 9.53 Å². The van der Waals surface area contributed by atoms with E-state index in [1.165, 1.54) is 0 Å². The van der Waals surface area contributed by atoms with Gasteiger partial charge in [-0.15, -0.1) is 0 Å². The number of hydrogen-bond donors (Lipinski definition) is 2. The Morgan fingerprint density at radius 2 is 2.25 bits per heavy atom. The number of carbonyl (C=O) groups is 1. The molecule has 1 amide bonds. The molecule has 1 atom stereocenters. The van der Waals surface area contributed by atoms with Gasteiger partial charge in [-0.05, 0) is 13.3 Å². The smallest absolute Gasteiger partial charge is 0.236 e. The Hall–Kier alpha value is -0.870. The first kappa shape index (κ1) is 15.1. The van der Waals surface area contributed by atoms with E-state index in [4.69, 9.17) is 10.5 Å². The number of ether oxygens (including phenoxy) is 1. The van der Waals surface area contributed by atoms with Gasteiger partial charge in [-0.2, -0.15) is 0 Å². The molecule has 0 aromatic rings. The molecule has 0 spiro atoms. The van der Waals surface area contributed by atoms with Crippen LogP contribution in [0.2, 0.25) is 0 Å². The number of carbonyl (C=O) groups excluding carboxylic acids is 1. The number of nitrogens with two attached hydrogens (primary N) is 1. The summed E-state index contributed by atoms with van der Waals surface area (Å²) in [4.78, 5) is 11.4. The molecule has 94 valence electrons. The fourth-order valence-corrected chi connectivity index (χ4v) is 1.18. The van der Waals surface area contributed by atoms with Crippen molar-refractivity contribution in [3.05, 3.63) is 12.2 Å². The van der Waals surface area contributed by atoms with Crippen LogP contribution in [0.5, 0.6) is 0 Å². The van der Waals surface area contributed by atoms with Gasteiger partial charge in [0.15, 0.2) is 0 Å². The van der Waals surface area contributed by atoms with E-state index in [1.807, 2.05) is 6.92 Å². The van der Waals surface area contributed by atoms with Crippen LogP contribution in [0.4, 0.5) is 0 Å². The molecule has 0 saturated carbocycles. The normalized spacial score (nSPS) is 12.2. The lowest BCUT2D eigenvalue weighted by atomic mass is 10.1. The molecule has 0 aromatic carbocycles. The highest BCUT2D eigenvalue weighted by Gasteiger charge is 2.11. The Morgan fingerprint density at radius 1 is 1.56 bits per heavy atom. The van der Waals surface area contributed by atoms with Gasteiger partial charge in [-0.25, -0.2) is 0 Å². The van der Waals surface area contributed by atoms with Crippen molar-refractivity contribution in [2.24, 2.45) is 5.73 Å². The lowest BCUT2D eigenvalue weighted by Crippen LogP contribution is -2.41. The quantitative estimate of drug-likeness (QED) is 0.460. The van der Waals surface area contributed by atoms with Gasteiger partial charge in [-0.3, -0.25) is 4.79 Å². The summed E-state index contributed by atoms with van der Waals surface area (Å²) in [6, 6.07) is -0.388. The van der Waals surface area contributed by atoms with Gasteiger partial charge in [0.05, 0.1) is 19.3 Å². The fraction of sp³-hybridized carbons (Fsp3) is 0.750. The SMILES string of the molecule is C=C(C)COCCNC(=O)[C@@H](N)CCCC. The molecule has 0 heterocycles. The van der Waals surface area contributed by atoms with Crippen LogP contribution in [0.15, 0.2) is 12.2 Å². The number of unbranched alkanes of at least 4 members (excludes halogenated alkanes) is 1. The van der Waals surface area contributed by atoms with E-state index in [1.54, 1.807) is 0 Å². The fourth-order valence-electron chi connectivity index (χ4n) is 1.18. The summed E-state index contributed by atoms with van der Waals surface area (Å²) in [5.41, 5.74) is 6.68. The lowest BCUT2D eigenvalue weighted by Gasteiger charge is -2.11. The van der Waals surface area contributed by atoms with Crippen LogP contribution in [-0.2, 0) is 9.53 Å². The number of rotatable bonds is 9. The molecule has 4 heteroatoms. The molecule has 0 rings (SSSR count). The van der Waals surface area contributed by atoms with E-state index >= 15 is 0 Å². The highest BCUT2D eigenvalue weighted by atomic mass is 16.5. The number of hydrogen-bond acceptors (Lipinski definition) is 3. The standard InChI is InChI=1S/C12H24N2O2/c1-4-5-6-11(13)12(15)14-7-8-16-9-10(2)3/h11H,2,4-9,13H2,1,3H3,(H,14,15)/t11-/m0/s1. The molecule has 0 aromatic heterocycles. The van der Waals surface area contributed by atoms with E-state index < -0.39 is 0 Å². The third kappa shape index (κ3) is 8.44. The van der Waals surface area contributed by atoms with Crippen LogP contribution in [0.1, 0.15) is 33.1 Å². The lowest BCUT2D eigenvalue weighted by molar-refractivity contribution is -0.122. The van der Waals surface area contributed by atoms with Gasteiger partial charge in [0.2, 0.25) is 5.91 Å². The van der Waals surface area contributed by atoms with Crippen molar-refractivity contribution in [2.45, 2.75) is 39.2 Å². The third-order valence-corrected chi connectivity index (χ3v) is 2.10. The van der Waals surface area contributed by atoms with Gasteiger partial charge in [0.25, 0.3) is 0 Å². The molecular formula is C12H24N2O2. The van der Waals surface area contributed by atoms with Gasteiger partial charge < -0.3 is 15.8 Å². The first-order valence-electron chi connectivity index (χ1n) is 5.83. The molecule has 3 N–H and O–H groups in total. The second-order valence-electron chi connectivity index (χ2n) is 4.05. The monoisotopic (exact) mass is 228 g/mol. The van der Waals surface area contributed by atoms with Crippen LogP contribution in [0.3, 0.4) is 0 Å². The molecule has 0 radical (unpaired) electrons. The summed E-state index contributed by atoms with van der Waals surface area (Å²) in [7, 11) is 0. The van der Waals surface area contributed by atoms with Crippen molar-refractivity contribution in [3.8, 4) is 0 Å². The summed E-state index contributed by atoms with van der Waals surface area (Å²) in [5.74, 6) is -0.0904. The minimum absolute atomic E-state index is 0.0904. The van der Waals surface area contributed by atoms with E-state index in [9.17, 15) is 4.79 Å². The van der Waals surface area contributed by atoms with Crippen LogP contribution in [0, 0.1) is 0 Å². The molecule has 0 aliphatic rings.